The lowest BCUT2D eigenvalue weighted by molar-refractivity contribution is 0.587. The fourth-order valence-electron chi connectivity index (χ4n) is 6.84. The highest BCUT2D eigenvalue weighted by Crippen LogP contribution is 2.43. The number of benzene rings is 4. The molecule has 4 aromatic carbocycles. The van der Waals surface area contributed by atoms with Gasteiger partial charge in [-0.15, -0.1) is 0 Å². The molecule has 5 aromatic rings. The molecule has 0 saturated heterocycles. The van der Waals surface area contributed by atoms with E-state index in [-0.39, 0.29) is 16.2 Å². The van der Waals surface area contributed by atoms with E-state index in [1.807, 2.05) is 0 Å². The summed E-state index contributed by atoms with van der Waals surface area (Å²) in [7, 11) is 6.87. The van der Waals surface area contributed by atoms with E-state index in [4.69, 9.17) is 0 Å². The average Bonchev–Trinajstić information content (AvgIpc) is 3.22. The second-order valence-corrected chi connectivity index (χ2v) is 15.7. The Morgan fingerprint density at radius 1 is 0.548 bits per heavy atom. The lowest BCUT2D eigenvalue weighted by Gasteiger charge is -2.30. The largest absolute Gasteiger partial charge is 0.309 e. The van der Waals surface area contributed by atoms with Crippen molar-refractivity contribution < 1.29 is 0 Å². The molecule has 0 fully saturated rings. The van der Waals surface area contributed by atoms with Crippen LogP contribution in [0.4, 0.5) is 0 Å². The Hall–Kier alpha value is -3.13. The Labute approximate surface area is 257 Å². The zero-order valence-corrected chi connectivity index (χ0v) is 28.6. The molecule has 0 aliphatic heterocycles. The molecule has 0 aliphatic carbocycles. The number of hydrogen-bond donors (Lipinski definition) is 0. The summed E-state index contributed by atoms with van der Waals surface area (Å²) in [4.78, 5) is 0. The molecular weight excluding hydrogens is 503 g/mol. The van der Waals surface area contributed by atoms with Crippen molar-refractivity contribution in [3.63, 3.8) is 0 Å². The monoisotopic (exact) mass is 551 g/mol. The Morgan fingerprint density at radius 2 is 1.02 bits per heavy atom. The third-order valence-corrected chi connectivity index (χ3v) is 9.80. The van der Waals surface area contributed by atoms with E-state index in [2.05, 4.69) is 159 Å². The van der Waals surface area contributed by atoms with Crippen molar-refractivity contribution in [1.29, 1.82) is 0 Å². The first kappa shape index (κ1) is 30.3. The van der Waals surface area contributed by atoms with Gasteiger partial charge in [0.1, 0.15) is 23.5 Å². The van der Waals surface area contributed by atoms with Crippen LogP contribution in [0.1, 0.15) is 90.1 Å². The Balaban J connectivity index is 2.00. The van der Waals surface area contributed by atoms with Crippen LogP contribution in [-0.4, -0.2) is 28.1 Å². The minimum atomic E-state index is -0.0797. The summed E-state index contributed by atoms with van der Waals surface area (Å²) in [6.45, 7) is 25.6. The zero-order valence-electron chi connectivity index (χ0n) is 28.6. The van der Waals surface area contributed by atoms with Crippen molar-refractivity contribution >= 4 is 61.7 Å². The predicted octanol–water partition coefficient (Wildman–Crippen LogP) is 5.74. The van der Waals surface area contributed by atoms with Gasteiger partial charge in [0.15, 0.2) is 0 Å². The SMILES string of the molecule is Bc1c(B)c(C)c(-c2cccc(-n3c4cc(C(C)(C)C)ccc4c4ccc(C(C)(C)C)cc43)c2C(C)(C)C)c(B)c1C. The van der Waals surface area contributed by atoms with E-state index in [0.717, 1.165) is 0 Å². The second-order valence-electron chi connectivity index (χ2n) is 15.7. The Kier molecular flexibility index (Phi) is 7.20. The van der Waals surface area contributed by atoms with Gasteiger partial charge < -0.3 is 4.57 Å². The highest BCUT2D eigenvalue weighted by atomic mass is 15.0. The molecule has 0 saturated carbocycles. The van der Waals surface area contributed by atoms with Crippen molar-refractivity contribution in [3.8, 4) is 16.8 Å². The van der Waals surface area contributed by atoms with Crippen LogP contribution < -0.4 is 16.4 Å². The predicted molar refractivity (Wildman–Crippen MR) is 196 cm³/mol. The molecule has 0 bridgehead atoms. The number of fused-ring (bicyclic) bond motifs is 3. The van der Waals surface area contributed by atoms with Crippen LogP contribution in [0.5, 0.6) is 0 Å². The van der Waals surface area contributed by atoms with E-state index in [1.54, 1.807) is 0 Å². The van der Waals surface area contributed by atoms with Crippen molar-refractivity contribution in [2.45, 2.75) is 92.4 Å². The molecule has 5 rings (SSSR count). The summed E-state index contributed by atoms with van der Waals surface area (Å²) in [5.74, 6) is 0. The number of nitrogens with zero attached hydrogens (tertiary/aromatic N) is 1. The second kappa shape index (κ2) is 9.97. The summed E-state index contributed by atoms with van der Waals surface area (Å²) in [6.07, 6.45) is 0. The van der Waals surface area contributed by atoms with Crippen LogP contribution >= 0.6 is 0 Å². The van der Waals surface area contributed by atoms with Crippen LogP contribution in [0.15, 0.2) is 54.6 Å². The maximum Gasteiger partial charge on any atom is 0.140 e. The van der Waals surface area contributed by atoms with Gasteiger partial charge in [0.25, 0.3) is 0 Å². The van der Waals surface area contributed by atoms with Gasteiger partial charge in [-0.05, 0) is 76.1 Å². The quantitative estimate of drug-likeness (QED) is 0.247. The minimum absolute atomic E-state index is 0.0614. The van der Waals surface area contributed by atoms with Crippen LogP contribution in [0, 0.1) is 13.8 Å². The van der Waals surface area contributed by atoms with Crippen LogP contribution in [0.2, 0.25) is 0 Å². The summed E-state index contributed by atoms with van der Waals surface area (Å²) < 4.78 is 2.58. The molecule has 0 aliphatic rings. The molecule has 0 spiro atoms. The first-order valence-corrected chi connectivity index (χ1v) is 15.6. The minimum Gasteiger partial charge on any atom is -0.309 e. The molecule has 1 aromatic heterocycles. The van der Waals surface area contributed by atoms with Gasteiger partial charge in [-0.1, -0.05) is 126 Å². The molecule has 4 heteroatoms. The van der Waals surface area contributed by atoms with Crippen LogP contribution in [0.25, 0.3) is 38.6 Å². The Bertz CT molecular complexity index is 1770. The number of rotatable bonds is 2. The first-order valence-electron chi connectivity index (χ1n) is 15.6. The van der Waals surface area contributed by atoms with Gasteiger partial charge in [0.05, 0.1) is 16.7 Å². The third-order valence-electron chi connectivity index (χ3n) is 9.80. The molecule has 0 N–H and O–H groups in total. The van der Waals surface area contributed by atoms with Gasteiger partial charge >= 0.3 is 0 Å². The smallest absolute Gasteiger partial charge is 0.140 e. The topological polar surface area (TPSA) is 4.93 Å². The standard InChI is InChI=1S/C38H48B3N/c1-21-31(33(39)22(2)35(41)34(21)40)27-13-12-14-28(32(27)38(9,10)11)42-29-19-23(36(3,4)5)15-17-25(29)26-18-16-24(20-30(26)42)37(6,7)8/h12-20H,39-41H2,1-11H3. The molecule has 0 unspecified atom stereocenters. The van der Waals surface area contributed by atoms with Crippen LogP contribution in [0.3, 0.4) is 0 Å². The summed E-state index contributed by atoms with van der Waals surface area (Å²) >= 11 is 0. The molecule has 0 radical (unpaired) electrons. The maximum absolute atomic E-state index is 2.58. The highest BCUT2D eigenvalue weighted by molar-refractivity contribution is 6.53. The van der Waals surface area contributed by atoms with E-state index in [9.17, 15) is 0 Å². The lowest BCUT2D eigenvalue weighted by Crippen LogP contribution is -2.37. The fourth-order valence-corrected chi connectivity index (χ4v) is 6.84. The summed E-state index contributed by atoms with van der Waals surface area (Å²) in [5, 5.41) is 2.64. The van der Waals surface area contributed by atoms with E-state index >= 15 is 0 Å². The van der Waals surface area contributed by atoms with Crippen molar-refractivity contribution in [2.75, 3.05) is 0 Å². The normalized spacial score (nSPS) is 12.9. The van der Waals surface area contributed by atoms with Gasteiger partial charge in [-0.3, -0.25) is 0 Å². The third kappa shape index (κ3) is 4.85. The summed E-state index contributed by atoms with van der Waals surface area (Å²) in [5.41, 5.74) is 17.8. The fraction of sp³-hybridized carbons (Fsp3) is 0.368. The highest BCUT2D eigenvalue weighted by Gasteiger charge is 2.28. The van der Waals surface area contributed by atoms with Gasteiger partial charge in [0, 0.05) is 10.8 Å². The Morgan fingerprint density at radius 3 is 1.48 bits per heavy atom. The van der Waals surface area contributed by atoms with E-state index < -0.39 is 0 Å². The molecule has 214 valence electrons. The van der Waals surface area contributed by atoms with Gasteiger partial charge in [-0.2, -0.15) is 0 Å². The van der Waals surface area contributed by atoms with Crippen molar-refractivity contribution in [2.24, 2.45) is 0 Å². The van der Waals surface area contributed by atoms with Gasteiger partial charge in [-0.25, -0.2) is 0 Å². The molecule has 0 amide bonds. The van der Waals surface area contributed by atoms with Crippen LogP contribution in [-0.2, 0) is 16.2 Å². The molecular formula is C38H48B3N. The average molecular weight is 551 g/mol. The zero-order chi connectivity index (χ0) is 31.1. The summed E-state index contributed by atoms with van der Waals surface area (Å²) in [6, 6.07) is 21.3. The molecule has 0 atom stereocenters. The first-order chi connectivity index (χ1) is 19.3. The number of hydrogen-bond acceptors (Lipinski definition) is 0. The molecule has 1 heterocycles. The molecule has 1 nitrogen and oxygen atoms in total. The lowest BCUT2D eigenvalue weighted by atomic mass is 9.66. The van der Waals surface area contributed by atoms with Gasteiger partial charge in [0.2, 0.25) is 0 Å². The number of aromatic nitrogens is 1. The van der Waals surface area contributed by atoms with Crippen molar-refractivity contribution in [1.82, 2.24) is 4.57 Å². The maximum atomic E-state index is 2.58. The van der Waals surface area contributed by atoms with Crippen molar-refractivity contribution in [3.05, 3.63) is 82.4 Å². The van der Waals surface area contributed by atoms with E-state index in [0.29, 0.717) is 0 Å². The van der Waals surface area contributed by atoms with E-state index in [1.165, 1.54) is 82.8 Å². The molecule has 42 heavy (non-hydrogen) atoms.